The number of esters is 2. The van der Waals surface area contributed by atoms with E-state index >= 15 is 0 Å². The molecule has 0 aliphatic rings. The van der Waals surface area contributed by atoms with Gasteiger partial charge in [-0.2, -0.15) is 8.42 Å². The van der Waals surface area contributed by atoms with Crippen molar-refractivity contribution in [1.82, 2.24) is 0 Å². The second-order valence-corrected chi connectivity index (χ2v) is 4.50. The molecular weight excluding hydrogens is 224 g/mol. The van der Waals surface area contributed by atoms with Gasteiger partial charge in [-0.15, -0.1) is 0 Å². The van der Waals surface area contributed by atoms with Crippen LogP contribution in [0.15, 0.2) is 0 Å². The standard InChI is InChI=1S/C8H14O6S/c1-3-6(5-15(11,12)13)8(10)14-7(9)4-2/h6H,3-5H2,1-2H3,(H,11,12,13). The van der Waals surface area contributed by atoms with Crippen LogP contribution in [0.1, 0.15) is 26.7 Å². The van der Waals surface area contributed by atoms with Crippen LogP contribution in [0.25, 0.3) is 0 Å². The van der Waals surface area contributed by atoms with Gasteiger partial charge in [0, 0.05) is 6.42 Å². The third-order valence-electron chi connectivity index (χ3n) is 1.74. The van der Waals surface area contributed by atoms with E-state index < -0.39 is 33.7 Å². The van der Waals surface area contributed by atoms with Crippen LogP contribution in [0.5, 0.6) is 0 Å². The summed E-state index contributed by atoms with van der Waals surface area (Å²) in [6.45, 7) is 3.08. The molecule has 1 N–H and O–H groups in total. The summed E-state index contributed by atoms with van der Waals surface area (Å²) in [6, 6.07) is 0. The fourth-order valence-corrected chi connectivity index (χ4v) is 1.75. The molecular formula is C8H14O6S. The second kappa shape index (κ2) is 5.82. The lowest BCUT2D eigenvalue weighted by molar-refractivity contribution is -0.162. The fourth-order valence-electron chi connectivity index (χ4n) is 0.874. The minimum absolute atomic E-state index is 0.0358. The first-order valence-electron chi connectivity index (χ1n) is 4.49. The van der Waals surface area contributed by atoms with Gasteiger partial charge in [-0.1, -0.05) is 13.8 Å². The molecule has 1 atom stereocenters. The predicted molar refractivity (Wildman–Crippen MR) is 51.6 cm³/mol. The quantitative estimate of drug-likeness (QED) is 0.422. The van der Waals surface area contributed by atoms with Gasteiger partial charge < -0.3 is 4.74 Å². The van der Waals surface area contributed by atoms with Crippen molar-refractivity contribution in [1.29, 1.82) is 0 Å². The summed E-state index contributed by atoms with van der Waals surface area (Å²) in [4.78, 5) is 22.0. The largest absolute Gasteiger partial charge is 0.393 e. The van der Waals surface area contributed by atoms with Crippen molar-refractivity contribution >= 4 is 22.1 Å². The molecule has 0 aromatic heterocycles. The van der Waals surface area contributed by atoms with E-state index in [0.717, 1.165) is 0 Å². The molecule has 0 radical (unpaired) electrons. The third-order valence-corrected chi connectivity index (χ3v) is 2.56. The van der Waals surface area contributed by atoms with E-state index in [-0.39, 0.29) is 12.8 Å². The Bertz CT molecular complexity index is 331. The lowest BCUT2D eigenvalue weighted by atomic mass is 10.1. The lowest BCUT2D eigenvalue weighted by Gasteiger charge is -2.10. The number of carbonyl (C=O) groups excluding carboxylic acids is 2. The molecule has 0 saturated carbocycles. The molecule has 0 heterocycles. The van der Waals surface area contributed by atoms with Crippen molar-refractivity contribution < 1.29 is 27.3 Å². The van der Waals surface area contributed by atoms with Crippen molar-refractivity contribution in [2.24, 2.45) is 5.92 Å². The first kappa shape index (κ1) is 14.1. The van der Waals surface area contributed by atoms with Gasteiger partial charge in [0.1, 0.15) is 0 Å². The van der Waals surface area contributed by atoms with E-state index in [2.05, 4.69) is 4.74 Å². The van der Waals surface area contributed by atoms with Gasteiger partial charge in [-0.05, 0) is 6.42 Å². The third kappa shape index (κ3) is 6.19. The summed E-state index contributed by atoms with van der Waals surface area (Å²) < 4.78 is 33.9. The predicted octanol–water partition coefficient (Wildman–Crippen LogP) is 0.380. The Balaban J connectivity index is 4.42. The molecule has 0 saturated heterocycles. The zero-order valence-corrected chi connectivity index (χ0v) is 9.41. The lowest BCUT2D eigenvalue weighted by Crippen LogP contribution is -2.26. The minimum atomic E-state index is -4.24. The first-order chi connectivity index (χ1) is 6.80. The highest BCUT2D eigenvalue weighted by atomic mass is 32.2. The van der Waals surface area contributed by atoms with Crippen LogP contribution in [0.4, 0.5) is 0 Å². The Morgan fingerprint density at radius 1 is 1.33 bits per heavy atom. The summed E-state index contributed by atoms with van der Waals surface area (Å²) in [6.07, 6.45) is 0.212. The van der Waals surface area contributed by atoms with Gasteiger partial charge >= 0.3 is 11.9 Å². The molecule has 0 aromatic rings. The van der Waals surface area contributed by atoms with E-state index in [1.807, 2.05) is 0 Å². The Hall–Kier alpha value is -0.950. The van der Waals surface area contributed by atoms with Gasteiger partial charge in [0.15, 0.2) is 0 Å². The number of rotatable bonds is 5. The van der Waals surface area contributed by atoms with Gasteiger partial charge in [0.2, 0.25) is 0 Å². The number of carbonyl (C=O) groups is 2. The van der Waals surface area contributed by atoms with Gasteiger partial charge in [-0.3, -0.25) is 14.1 Å². The van der Waals surface area contributed by atoms with E-state index in [1.165, 1.54) is 6.92 Å². The topological polar surface area (TPSA) is 97.7 Å². The van der Waals surface area contributed by atoms with Crippen LogP contribution in [-0.2, 0) is 24.4 Å². The number of hydrogen-bond acceptors (Lipinski definition) is 5. The zero-order valence-electron chi connectivity index (χ0n) is 8.60. The average Bonchev–Trinajstić information content (AvgIpc) is 2.12. The van der Waals surface area contributed by atoms with Crippen molar-refractivity contribution in [2.75, 3.05) is 5.75 Å². The van der Waals surface area contributed by atoms with Crippen LogP contribution in [0.2, 0.25) is 0 Å². The van der Waals surface area contributed by atoms with E-state index in [1.54, 1.807) is 6.92 Å². The highest BCUT2D eigenvalue weighted by molar-refractivity contribution is 7.85. The van der Waals surface area contributed by atoms with Crippen molar-refractivity contribution in [2.45, 2.75) is 26.7 Å². The molecule has 0 aromatic carbocycles. The maximum absolute atomic E-state index is 11.2. The summed E-state index contributed by atoms with van der Waals surface area (Å²) in [5, 5.41) is 0. The fraction of sp³-hybridized carbons (Fsp3) is 0.750. The van der Waals surface area contributed by atoms with E-state index in [9.17, 15) is 18.0 Å². The number of hydrogen-bond donors (Lipinski definition) is 1. The molecule has 7 heteroatoms. The van der Waals surface area contributed by atoms with Gasteiger partial charge in [0.25, 0.3) is 10.1 Å². The maximum Gasteiger partial charge on any atom is 0.317 e. The molecule has 0 amide bonds. The SMILES string of the molecule is CCC(=O)OC(=O)C(CC)CS(=O)(=O)O. The smallest absolute Gasteiger partial charge is 0.317 e. The van der Waals surface area contributed by atoms with Crippen molar-refractivity contribution in [3.8, 4) is 0 Å². The Morgan fingerprint density at radius 2 is 1.87 bits per heavy atom. The molecule has 0 fully saturated rings. The normalized spacial score (nSPS) is 13.3. The van der Waals surface area contributed by atoms with Crippen LogP contribution in [-0.4, -0.2) is 30.7 Å². The molecule has 1 unspecified atom stereocenters. The van der Waals surface area contributed by atoms with Crippen LogP contribution in [0.3, 0.4) is 0 Å². The van der Waals surface area contributed by atoms with Gasteiger partial charge in [0.05, 0.1) is 11.7 Å². The minimum Gasteiger partial charge on any atom is -0.393 e. The Labute approximate surface area is 88.4 Å². The van der Waals surface area contributed by atoms with E-state index in [0.29, 0.717) is 0 Å². The highest BCUT2D eigenvalue weighted by Crippen LogP contribution is 2.09. The molecule has 0 aliphatic heterocycles. The van der Waals surface area contributed by atoms with Crippen molar-refractivity contribution in [3.63, 3.8) is 0 Å². The summed E-state index contributed by atoms with van der Waals surface area (Å²) in [5.74, 6) is -3.36. The molecule has 0 spiro atoms. The first-order valence-corrected chi connectivity index (χ1v) is 6.10. The maximum atomic E-state index is 11.2. The zero-order chi connectivity index (χ0) is 12.1. The Morgan fingerprint density at radius 3 is 2.20 bits per heavy atom. The monoisotopic (exact) mass is 238 g/mol. The second-order valence-electron chi connectivity index (χ2n) is 3.00. The highest BCUT2D eigenvalue weighted by Gasteiger charge is 2.25. The molecule has 0 bridgehead atoms. The van der Waals surface area contributed by atoms with E-state index in [4.69, 9.17) is 4.55 Å². The molecule has 6 nitrogen and oxygen atoms in total. The molecule has 0 rings (SSSR count). The Kier molecular flexibility index (Phi) is 5.45. The van der Waals surface area contributed by atoms with Crippen molar-refractivity contribution in [3.05, 3.63) is 0 Å². The number of ether oxygens (including phenoxy) is 1. The molecule has 15 heavy (non-hydrogen) atoms. The summed E-state index contributed by atoms with van der Waals surface area (Å²) in [5.41, 5.74) is 0. The van der Waals surface area contributed by atoms with Gasteiger partial charge in [-0.25, -0.2) is 0 Å². The van der Waals surface area contributed by atoms with Crippen LogP contribution < -0.4 is 0 Å². The average molecular weight is 238 g/mol. The molecule has 88 valence electrons. The van der Waals surface area contributed by atoms with Crippen LogP contribution >= 0.6 is 0 Å². The summed E-state index contributed by atoms with van der Waals surface area (Å²) >= 11 is 0. The van der Waals surface area contributed by atoms with Crippen LogP contribution in [0, 0.1) is 5.92 Å². The summed E-state index contributed by atoms with van der Waals surface area (Å²) in [7, 11) is -4.24. The molecule has 0 aliphatic carbocycles.